The Hall–Kier alpha value is -4.12. The largest absolute Gasteiger partial charge is 0.342 e. The number of nitrogens with zero attached hydrogens (tertiary/aromatic N) is 4. The van der Waals surface area contributed by atoms with Crippen molar-refractivity contribution < 1.29 is 19.2 Å². The second-order valence-corrected chi connectivity index (χ2v) is 13.4. The third-order valence-electron chi connectivity index (χ3n) is 10.4. The molecule has 252 valence electrons. The summed E-state index contributed by atoms with van der Waals surface area (Å²) in [5, 5.41) is 8.68. The first-order valence-corrected chi connectivity index (χ1v) is 17.5. The lowest BCUT2D eigenvalue weighted by atomic mass is 9.98. The van der Waals surface area contributed by atoms with E-state index in [4.69, 9.17) is 0 Å². The summed E-state index contributed by atoms with van der Waals surface area (Å²) in [7, 11) is 0. The van der Waals surface area contributed by atoms with Crippen LogP contribution < -0.4 is 16.0 Å². The highest BCUT2D eigenvalue weighted by Crippen LogP contribution is 2.28. The van der Waals surface area contributed by atoms with Crippen molar-refractivity contribution in [2.24, 2.45) is 0 Å². The molecular weight excluding hydrogens is 594 g/mol. The molecule has 0 aromatic heterocycles. The number of rotatable bonds is 8. The van der Waals surface area contributed by atoms with Gasteiger partial charge in [-0.25, -0.2) is 9.59 Å². The molecule has 0 saturated carbocycles. The average Bonchev–Trinajstić information content (AvgIpc) is 3.11. The number of nitrogens with one attached hydrogen (secondary N) is 3. The number of hydrogen-bond acceptors (Lipinski definition) is 5. The van der Waals surface area contributed by atoms with Crippen molar-refractivity contribution in [1.82, 2.24) is 24.9 Å². The van der Waals surface area contributed by atoms with E-state index in [0.717, 1.165) is 49.2 Å². The zero-order valence-electron chi connectivity index (χ0n) is 27.6. The van der Waals surface area contributed by atoms with Crippen LogP contribution in [-0.4, -0.2) is 101 Å². The Morgan fingerprint density at radius 3 is 2.19 bits per heavy atom. The van der Waals surface area contributed by atoms with Crippen LogP contribution in [-0.2, 0) is 22.6 Å². The molecular formula is C36H49N7O4. The zero-order valence-corrected chi connectivity index (χ0v) is 27.6. The molecule has 4 heterocycles. The van der Waals surface area contributed by atoms with Crippen LogP contribution in [0.4, 0.5) is 21.0 Å². The summed E-state index contributed by atoms with van der Waals surface area (Å²) in [6.45, 7) is 7.11. The molecule has 6 rings (SSSR count). The molecule has 2 aromatic carbocycles. The van der Waals surface area contributed by atoms with E-state index in [1.807, 2.05) is 58.3 Å². The summed E-state index contributed by atoms with van der Waals surface area (Å²) < 4.78 is 0. The van der Waals surface area contributed by atoms with E-state index in [1.165, 1.54) is 19.3 Å². The molecule has 1 unspecified atom stereocenters. The Morgan fingerprint density at radius 2 is 1.49 bits per heavy atom. The van der Waals surface area contributed by atoms with Gasteiger partial charge in [0.1, 0.15) is 6.04 Å². The molecule has 0 spiro atoms. The number of carbonyl (C=O) groups excluding carboxylic acids is 4. The minimum atomic E-state index is -0.967. The summed E-state index contributed by atoms with van der Waals surface area (Å²) in [4.78, 5) is 61.6. The Morgan fingerprint density at radius 1 is 0.830 bits per heavy atom. The average molecular weight is 644 g/mol. The molecule has 3 fully saturated rings. The van der Waals surface area contributed by atoms with Crippen LogP contribution in [0.15, 0.2) is 48.5 Å². The number of amides is 6. The number of urea groups is 2. The highest BCUT2D eigenvalue weighted by atomic mass is 16.2. The third kappa shape index (κ3) is 8.06. The third-order valence-corrected chi connectivity index (χ3v) is 10.4. The number of piperidine rings is 3. The van der Waals surface area contributed by atoms with Crippen molar-refractivity contribution in [3.05, 3.63) is 59.7 Å². The molecule has 2 aromatic rings. The van der Waals surface area contributed by atoms with Crippen LogP contribution in [0.5, 0.6) is 0 Å². The topological polar surface area (TPSA) is 117 Å². The van der Waals surface area contributed by atoms with Crippen molar-refractivity contribution in [3.8, 4) is 0 Å². The first-order chi connectivity index (χ1) is 22.9. The lowest BCUT2D eigenvalue weighted by Gasteiger charge is -2.41. The number of likely N-dealkylation sites (tertiary alicyclic amines) is 3. The van der Waals surface area contributed by atoms with Crippen molar-refractivity contribution in [2.45, 2.75) is 89.4 Å². The summed E-state index contributed by atoms with van der Waals surface area (Å²) in [6.07, 6.45) is 7.69. The lowest BCUT2D eigenvalue weighted by Crippen LogP contribution is -2.56. The van der Waals surface area contributed by atoms with Crippen LogP contribution in [0.3, 0.4) is 0 Å². The number of benzene rings is 2. The van der Waals surface area contributed by atoms with E-state index in [2.05, 4.69) is 27.8 Å². The highest BCUT2D eigenvalue weighted by molar-refractivity contribution is 5.96. The highest BCUT2D eigenvalue weighted by Gasteiger charge is 2.36. The molecule has 0 bridgehead atoms. The van der Waals surface area contributed by atoms with Gasteiger partial charge in [0.15, 0.2) is 0 Å². The van der Waals surface area contributed by atoms with Gasteiger partial charge in [0.2, 0.25) is 11.8 Å². The van der Waals surface area contributed by atoms with Gasteiger partial charge in [0.25, 0.3) is 0 Å². The van der Waals surface area contributed by atoms with E-state index < -0.39 is 12.1 Å². The monoisotopic (exact) mass is 643 g/mol. The maximum absolute atomic E-state index is 13.9. The summed E-state index contributed by atoms with van der Waals surface area (Å²) in [6, 6.07) is 14.4. The normalized spacial score (nSPS) is 20.3. The van der Waals surface area contributed by atoms with E-state index in [-0.39, 0.29) is 30.3 Å². The minimum absolute atomic E-state index is 0.0223. The quantitative estimate of drug-likeness (QED) is 0.388. The van der Waals surface area contributed by atoms with Gasteiger partial charge < -0.3 is 35.6 Å². The van der Waals surface area contributed by atoms with E-state index in [1.54, 1.807) is 4.90 Å². The van der Waals surface area contributed by atoms with Gasteiger partial charge in [-0.3, -0.25) is 9.59 Å². The Labute approximate surface area is 278 Å². The molecule has 11 nitrogen and oxygen atoms in total. The number of aryl methyl sites for hydroxylation is 1. The fourth-order valence-corrected chi connectivity index (χ4v) is 7.55. The van der Waals surface area contributed by atoms with Gasteiger partial charge in [-0.15, -0.1) is 0 Å². The van der Waals surface area contributed by atoms with Crippen LogP contribution >= 0.6 is 0 Å². The van der Waals surface area contributed by atoms with E-state index >= 15 is 0 Å². The molecule has 3 N–H and O–H groups in total. The molecule has 0 aliphatic carbocycles. The predicted octanol–water partition coefficient (Wildman–Crippen LogP) is 4.64. The van der Waals surface area contributed by atoms with E-state index in [9.17, 15) is 19.2 Å². The Balaban J connectivity index is 1.07. The first-order valence-electron chi connectivity index (χ1n) is 17.5. The van der Waals surface area contributed by atoms with Crippen molar-refractivity contribution in [1.29, 1.82) is 0 Å². The van der Waals surface area contributed by atoms with E-state index in [0.29, 0.717) is 57.3 Å². The number of fused-ring (bicyclic) bond motifs is 1. The van der Waals surface area contributed by atoms with Gasteiger partial charge in [-0.05, 0) is 87.4 Å². The van der Waals surface area contributed by atoms with Crippen LogP contribution in [0.2, 0.25) is 0 Å². The van der Waals surface area contributed by atoms with Crippen LogP contribution in [0.1, 0.15) is 69.4 Å². The Bertz CT molecular complexity index is 1410. The predicted molar refractivity (Wildman–Crippen MR) is 182 cm³/mol. The first kappa shape index (κ1) is 32.8. The molecule has 11 heteroatoms. The lowest BCUT2D eigenvalue weighted by molar-refractivity contribution is -0.140. The molecule has 47 heavy (non-hydrogen) atoms. The molecule has 3 saturated heterocycles. The number of carbonyl (C=O) groups is 4. The van der Waals surface area contributed by atoms with Crippen molar-refractivity contribution in [3.63, 3.8) is 0 Å². The number of hydrogen-bond donors (Lipinski definition) is 3. The van der Waals surface area contributed by atoms with Crippen molar-refractivity contribution >= 4 is 35.3 Å². The molecule has 4 aliphatic heterocycles. The van der Waals surface area contributed by atoms with Gasteiger partial charge >= 0.3 is 12.1 Å². The maximum Gasteiger partial charge on any atom is 0.322 e. The SMILES string of the molecule is CCc1ccc(NC(=O)NC(CC(=O)N2CCC(N3Cc4ccccc4NC3=O)CC2)C(=O)N2CCC(N3CCCCC3)CC2)cc1. The fourth-order valence-electron chi connectivity index (χ4n) is 7.55. The van der Waals surface area contributed by atoms with Gasteiger partial charge in [0, 0.05) is 56.2 Å². The fraction of sp³-hybridized carbons (Fsp3) is 0.556. The minimum Gasteiger partial charge on any atom is -0.342 e. The van der Waals surface area contributed by atoms with Crippen molar-refractivity contribution in [2.75, 3.05) is 49.9 Å². The standard InChI is InChI=1S/C36H49N7O4/c1-2-26-10-12-28(13-11-26)37-35(46)38-32(34(45)42-22-14-29(15-23-42)40-18-6-3-7-19-40)24-33(44)41-20-16-30(17-21-41)43-25-27-8-4-5-9-31(27)39-36(43)47/h4-5,8-13,29-30,32H,2-3,6-7,14-25H2,1H3,(H,39,47)(H2,37,38,46). The van der Waals surface area contributed by atoms with Gasteiger partial charge in [-0.1, -0.05) is 43.7 Å². The summed E-state index contributed by atoms with van der Waals surface area (Å²) in [5.41, 5.74) is 3.72. The number of para-hydroxylation sites is 1. The van der Waals surface area contributed by atoms with Crippen LogP contribution in [0, 0.1) is 0 Å². The second-order valence-electron chi connectivity index (χ2n) is 13.4. The summed E-state index contributed by atoms with van der Waals surface area (Å²) in [5.74, 6) is -0.364. The summed E-state index contributed by atoms with van der Waals surface area (Å²) >= 11 is 0. The van der Waals surface area contributed by atoms with Gasteiger partial charge in [-0.2, -0.15) is 0 Å². The molecule has 6 amide bonds. The molecule has 4 aliphatic rings. The Kier molecular flexibility index (Phi) is 10.6. The molecule has 1 atom stereocenters. The van der Waals surface area contributed by atoms with Gasteiger partial charge in [0.05, 0.1) is 6.42 Å². The second kappa shape index (κ2) is 15.2. The maximum atomic E-state index is 13.9. The smallest absolute Gasteiger partial charge is 0.322 e. The van der Waals surface area contributed by atoms with Crippen LogP contribution in [0.25, 0.3) is 0 Å². The zero-order chi connectivity index (χ0) is 32.8. The number of anilines is 2. The molecule has 0 radical (unpaired) electrons.